The van der Waals surface area contributed by atoms with Gasteiger partial charge >= 0.3 is 0 Å². The summed E-state index contributed by atoms with van der Waals surface area (Å²) in [4.78, 5) is 4.03. The van der Waals surface area contributed by atoms with Gasteiger partial charge in [-0.2, -0.15) is 5.10 Å². The topological polar surface area (TPSA) is 50.8 Å². The van der Waals surface area contributed by atoms with Gasteiger partial charge in [-0.25, -0.2) is 4.98 Å². The number of benzene rings is 1. The standard InChI is InChI=1S/C12H15N3OS/c1-9-5-10(2)7-11(6-9)16-3-4-17-12-13-8-14-15-12/h5-8H,3-4H2,1-2H3,(H,13,14,15). The van der Waals surface area contributed by atoms with Gasteiger partial charge in [0.15, 0.2) is 5.16 Å². The number of nitrogens with zero attached hydrogens (tertiary/aromatic N) is 2. The van der Waals surface area contributed by atoms with Crippen LogP contribution < -0.4 is 4.74 Å². The number of aromatic nitrogens is 3. The van der Waals surface area contributed by atoms with Gasteiger partial charge in [-0.15, -0.1) is 0 Å². The predicted octanol–water partition coefficient (Wildman–Crippen LogP) is 2.59. The third-order valence-corrected chi connectivity index (χ3v) is 3.02. The quantitative estimate of drug-likeness (QED) is 0.653. The van der Waals surface area contributed by atoms with Crippen molar-refractivity contribution < 1.29 is 4.74 Å². The van der Waals surface area contributed by atoms with Crippen molar-refractivity contribution >= 4 is 11.8 Å². The zero-order valence-electron chi connectivity index (χ0n) is 9.93. The van der Waals surface area contributed by atoms with Gasteiger partial charge in [-0.05, 0) is 37.1 Å². The van der Waals surface area contributed by atoms with Crippen molar-refractivity contribution in [3.05, 3.63) is 35.7 Å². The number of ether oxygens (including phenoxy) is 1. The Hall–Kier alpha value is -1.49. The Morgan fingerprint density at radius 3 is 2.65 bits per heavy atom. The van der Waals surface area contributed by atoms with Crippen LogP contribution >= 0.6 is 11.8 Å². The van der Waals surface area contributed by atoms with E-state index in [0.717, 1.165) is 16.7 Å². The third-order valence-electron chi connectivity index (χ3n) is 2.18. The average molecular weight is 249 g/mol. The molecule has 0 saturated carbocycles. The minimum absolute atomic E-state index is 0.661. The number of hydrogen-bond acceptors (Lipinski definition) is 4. The number of nitrogens with one attached hydrogen (secondary N) is 1. The van der Waals surface area contributed by atoms with Crippen LogP contribution in [-0.4, -0.2) is 27.5 Å². The normalized spacial score (nSPS) is 10.5. The van der Waals surface area contributed by atoms with Gasteiger partial charge in [-0.1, -0.05) is 17.8 Å². The Bertz CT molecular complexity index is 450. The minimum atomic E-state index is 0.661. The molecule has 0 bridgehead atoms. The highest BCUT2D eigenvalue weighted by atomic mass is 32.2. The number of thioether (sulfide) groups is 1. The minimum Gasteiger partial charge on any atom is -0.493 e. The number of H-pyrrole nitrogens is 1. The number of rotatable bonds is 5. The van der Waals surface area contributed by atoms with Gasteiger partial charge in [0, 0.05) is 5.75 Å². The first-order chi connectivity index (χ1) is 8.24. The highest BCUT2D eigenvalue weighted by Gasteiger charge is 1.99. The van der Waals surface area contributed by atoms with E-state index < -0.39 is 0 Å². The Kier molecular flexibility index (Phi) is 4.03. The largest absolute Gasteiger partial charge is 0.493 e. The average Bonchev–Trinajstić information content (AvgIpc) is 2.76. The van der Waals surface area contributed by atoms with Crippen molar-refractivity contribution in [1.82, 2.24) is 15.2 Å². The van der Waals surface area contributed by atoms with Crippen molar-refractivity contribution in [2.24, 2.45) is 0 Å². The SMILES string of the molecule is Cc1cc(C)cc(OCCSc2ncn[nH]2)c1. The van der Waals surface area contributed by atoms with E-state index in [1.165, 1.54) is 17.5 Å². The van der Waals surface area contributed by atoms with Gasteiger partial charge < -0.3 is 4.74 Å². The van der Waals surface area contributed by atoms with Gasteiger partial charge in [0.25, 0.3) is 0 Å². The predicted molar refractivity (Wildman–Crippen MR) is 68.5 cm³/mol. The summed E-state index contributed by atoms with van der Waals surface area (Å²) in [5.74, 6) is 1.78. The molecule has 0 unspecified atom stereocenters. The molecule has 1 heterocycles. The zero-order chi connectivity index (χ0) is 12.1. The molecule has 1 aromatic carbocycles. The van der Waals surface area contributed by atoms with Gasteiger partial charge in [0.05, 0.1) is 6.61 Å². The molecule has 0 spiro atoms. The third kappa shape index (κ3) is 3.78. The first-order valence-electron chi connectivity index (χ1n) is 5.43. The van der Waals surface area contributed by atoms with E-state index in [4.69, 9.17) is 4.74 Å². The van der Waals surface area contributed by atoms with Crippen LogP contribution in [0.4, 0.5) is 0 Å². The molecule has 0 aliphatic rings. The highest BCUT2D eigenvalue weighted by Crippen LogP contribution is 2.17. The van der Waals surface area contributed by atoms with Gasteiger partial charge in [0.2, 0.25) is 0 Å². The molecule has 17 heavy (non-hydrogen) atoms. The fourth-order valence-electron chi connectivity index (χ4n) is 1.58. The molecule has 5 heteroatoms. The van der Waals surface area contributed by atoms with E-state index in [1.807, 2.05) is 12.1 Å². The van der Waals surface area contributed by atoms with Crippen LogP contribution in [0.1, 0.15) is 11.1 Å². The van der Waals surface area contributed by atoms with Crippen molar-refractivity contribution in [2.75, 3.05) is 12.4 Å². The summed E-state index contributed by atoms with van der Waals surface area (Å²) in [7, 11) is 0. The highest BCUT2D eigenvalue weighted by molar-refractivity contribution is 7.99. The van der Waals surface area contributed by atoms with E-state index in [2.05, 4.69) is 35.1 Å². The van der Waals surface area contributed by atoms with Gasteiger partial charge in [0.1, 0.15) is 12.1 Å². The lowest BCUT2D eigenvalue weighted by atomic mass is 10.1. The summed E-state index contributed by atoms with van der Waals surface area (Å²) in [5, 5.41) is 7.41. The molecule has 0 atom stereocenters. The van der Waals surface area contributed by atoms with E-state index in [0.29, 0.717) is 6.61 Å². The lowest BCUT2D eigenvalue weighted by Crippen LogP contribution is -2.00. The Balaban J connectivity index is 1.78. The molecular weight excluding hydrogens is 234 g/mol. The van der Waals surface area contributed by atoms with E-state index in [-0.39, 0.29) is 0 Å². The van der Waals surface area contributed by atoms with Crippen LogP contribution in [0.15, 0.2) is 29.7 Å². The van der Waals surface area contributed by atoms with Crippen LogP contribution in [0.5, 0.6) is 5.75 Å². The molecule has 4 nitrogen and oxygen atoms in total. The maximum absolute atomic E-state index is 5.68. The number of aromatic amines is 1. The number of aryl methyl sites for hydroxylation is 2. The Morgan fingerprint density at radius 1 is 1.24 bits per heavy atom. The first-order valence-corrected chi connectivity index (χ1v) is 6.42. The lowest BCUT2D eigenvalue weighted by molar-refractivity contribution is 0.343. The van der Waals surface area contributed by atoms with Gasteiger partial charge in [-0.3, -0.25) is 5.10 Å². The van der Waals surface area contributed by atoms with E-state index >= 15 is 0 Å². The van der Waals surface area contributed by atoms with Crippen LogP contribution in [0.2, 0.25) is 0 Å². The smallest absolute Gasteiger partial charge is 0.183 e. The van der Waals surface area contributed by atoms with Crippen molar-refractivity contribution in [1.29, 1.82) is 0 Å². The maximum atomic E-state index is 5.68. The molecule has 1 N–H and O–H groups in total. The van der Waals surface area contributed by atoms with Crippen LogP contribution in [-0.2, 0) is 0 Å². The molecule has 0 amide bonds. The molecule has 0 aliphatic carbocycles. The van der Waals surface area contributed by atoms with Crippen molar-refractivity contribution in [2.45, 2.75) is 19.0 Å². The second kappa shape index (κ2) is 5.72. The Morgan fingerprint density at radius 2 is 2.00 bits per heavy atom. The van der Waals surface area contributed by atoms with Crippen LogP contribution in [0, 0.1) is 13.8 Å². The molecule has 2 rings (SSSR count). The fraction of sp³-hybridized carbons (Fsp3) is 0.333. The summed E-state index contributed by atoms with van der Waals surface area (Å²) < 4.78 is 5.68. The van der Waals surface area contributed by atoms with E-state index in [9.17, 15) is 0 Å². The molecule has 1 aromatic heterocycles. The van der Waals surface area contributed by atoms with Crippen LogP contribution in [0.25, 0.3) is 0 Å². The fourth-order valence-corrected chi connectivity index (χ4v) is 2.18. The molecule has 0 saturated heterocycles. The monoisotopic (exact) mass is 249 g/mol. The Labute approximate surface area is 105 Å². The molecule has 0 aliphatic heterocycles. The molecule has 0 radical (unpaired) electrons. The summed E-state index contributed by atoms with van der Waals surface area (Å²) in [6.07, 6.45) is 1.51. The molecule has 2 aromatic rings. The summed E-state index contributed by atoms with van der Waals surface area (Å²) in [5.41, 5.74) is 2.45. The van der Waals surface area contributed by atoms with Crippen molar-refractivity contribution in [3.8, 4) is 5.75 Å². The summed E-state index contributed by atoms with van der Waals surface area (Å²) >= 11 is 1.60. The zero-order valence-corrected chi connectivity index (χ0v) is 10.8. The lowest BCUT2D eigenvalue weighted by Gasteiger charge is -2.07. The molecular formula is C12H15N3OS. The summed E-state index contributed by atoms with van der Waals surface area (Å²) in [6, 6.07) is 6.23. The maximum Gasteiger partial charge on any atom is 0.183 e. The number of hydrogen-bond donors (Lipinski definition) is 1. The van der Waals surface area contributed by atoms with Crippen molar-refractivity contribution in [3.63, 3.8) is 0 Å². The van der Waals surface area contributed by atoms with Crippen LogP contribution in [0.3, 0.4) is 0 Å². The second-order valence-electron chi connectivity index (χ2n) is 3.81. The molecule has 0 fully saturated rings. The molecule has 90 valence electrons. The summed E-state index contributed by atoms with van der Waals surface area (Å²) in [6.45, 7) is 4.81. The first kappa shape index (κ1) is 12.0. The van der Waals surface area contributed by atoms with E-state index in [1.54, 1.807) is 11.8 Å². The second-order valence-corrected chi connectivity index (χ2v) is 4.89.